The van der Waals surface area contributed by atoms with Gasteiger partial charge in [-0.3, -0.25) is 14.1 Å². The monoisotopic (exact) mass is 839 g/mol. The first kappa shape index (κ1) is 56.3. The highest BCUT2D eigenvalue weighted by Gasteiger charge is 2.22. The molecule has 0 aromatic carbocycles. The van der Waals surface area contributed by atoms with Crippen molar-refractivity contribution < 1.29 is 37.9 Å². The number of phosphoric acid groups is 1. The third-order valence-electron chi connectivity index (χ3n) is 10.7. The molecule has 0 bridgehead atoms. The Morgan fingerprint density at radius 1 is 0.448 bits per heavy atom. The Morgan fingerprint density at radius 3 is 1.21 bits per heavy atom. The second-order valence-corrected chi connectivity index (χ2v) is 17.7. The molecule has 0 saturated carbocycles. The minimum absolute atomic E-state index is 0.142. The van der Waals surface area contributed by atoms with Gasteiger partial charge in [-0.25, -0.2) is 4.57 Å². The fourth-order valence-corrected chi connectivity index (χ4v) is 7.40. The molecule has 0 saturated heterocycles. The maximum absolute atomic E-state index is 12.4. The quantitative estimate of drug-likeness (QED) is 0.0269. The van der Waals surface area contributed by atoms with Crippen LogP contribution in [-0.4, -0.2) is 41.0 Å². The van der Waals surface area contributed by atoms with Crippen molar-refractivity contribution in [1.29, 1.82) is 0 Å². The molecule has 2 N–H and O–H groups in total. The molecule has 0 fully saturated rings. The van der Waals surface area contributed by atoms with Crippen molar-refractivity contribution >= 4 is 19.8 Å². The minimum Gasteiger partial charge on any atom is -0.462 e. The topological polar surface area (TPSA) is 119 Å². The molecule has 0 aliphatic rings. The number of ether oxygens (including phenoxy) is 2. The minimum atomic E-state index is -4.77. The van der Waals surface area contributed by atoms with Crippen LogP contribution in [-0.2, 0) is 28.2 Å². The number of hydrogen-bond acceptors (Lipinski definition) is 6. The molecule has 0 amide bonds. The molecular formula is C49H91O8P. The molecule has 0 aliphatic heterocycles. The molecule has 0 unspecified atom stereocenters. The molecule has 0 radical (unpaired) electrons. The molecule has 340 valence electrons. The van der Waals surface area contributed by atoms with Gasteiger partial charge in [-0.15, -0.1) is 0 Å². The highest BCUT2D eigenvalue weighted by Crippen LogP contribution is 2.36. The number of unbranched alkanes of at least 4 members (excludes halogenated alkanes) is 29. The molecular weight excluding hydrogens is 748 g/mol. The van der Waals surface area contributed by atoms with Crippen LogP contribution in [0.3, 0.4) is 0 Å². The summed E-state index contributed by atoms with van der Waals surface area (Å²) in [4.78, 5) is 43.0. The SMILES string of the molecule is CCCCCCCC/C=C/C/C=C/C/C=C/CCCC(=O)O[C@H](COC(=O)CCCCCCCCCCCCCCCCCCCCCCCCC)COP(=O)(O)O. The van der Waals surface area contributed by atoms with Crippen LogP contribution in [0.4, 0.5) is 0 Å². The van der Waals surface area contributed by atoms with Crippen molar-refractivity contribution in [3.8, 4) is 0 Å². The van der Waals surface area contributed by atoms with E-state index in [4.69, 9.17) is 19.3 Å². The summed E-state index contributed by atoms with van der Waals surface area (Å²) >= 11 is 0. The highest BCUT2D eigenvalue weighted by molar-refractivity contribution is 7.46. The van der Waals surface area contributed by atoms with Gasteiger partial charge in [0.2, 0.25) is 0 Å². The van der Waals surface area contributed by atoms with E-state index in [0.717, 1.165) is 38.5 Å². The number of rotatable bonds is 45. The zero-order valence-corrected chi connectivity index (χ0v) is 38.6. The Bertz CT molecular complexity index is 1040. The molecule has 0 spiro atoms. The van der Waals surface area contributed by atoms with Gasteiger partial charge in [-0.2, -0.15) is 0 Å². The maximum atomic E-state index is 12.4. The van der Waals surface area contributed by atoms with Gasteiger partial charge in [0.05, 0.1) is 6.61 Å². The number of allylic oxidation sites excluding steroid dienone is 6. The molecule has 9 heteroatoms. The van der Waals surface area contributed by atoms with Crippen LogP contribution in [0.1, 0.15) is 245 Å². The second kappa shape index (κ2) is 44.8. The molecule has 0 heterocycles. The molecule has 1 atom stereocenters. The normalized spacial score (nSPS) is 12.7. The standard InChI is InChI=1S/C49H91O8P/c1-3-5-7-9-11-13-15-17-19-21-22-23-24-25-26-28-29-31-33-35-37-39-41-43-48(50)55-45-47(46-56-58(52,53)54)57-49(51)44-42-40-38-36-34-32-30-27-20-18-16-14-12-10-8-6-4-2/h18,20,30,32,36,38,47H,3-17,19,21-29,31,33-35,37,39-46H2,1-2H3,(H2,52,53,54)/b20-18+,32-30+,38-36+/t47-/m1/s1. The Labute approximate surface area is 357 Å². The number of hydrogen-bond donors (Lipinski definition) is 2. The zero-order chi connectivity index (χ0) is 42.5. The largest absolute Gasteiger partial charge is 0.469 e. The first-order chi connectivity index (χ1) is 28.3. The van der Waals surface area contributed by atoms with Gasteiger partial charge in [-0.1, -0.05) is 224 Å². The van der Waals surface area contributed by atoms with E-state index in [0.29, 0.717) is 12.8 Å². The summed E-state index contributed by atoms with van der Waals surface area (Å²) in [5, 5.41) is 0. The third-order valence-corrected chi connectivity index (χ3v) is 11.1. The summed E-state index contributed by atoms with van der Waals surface area (Å²) in [7, 11) is -4.77. The Hall–Kier alpha value is -1.73. The van der Waals surface area contributed by atoms with Gasteiger partial charge in [0.25, 0.3) is 0 Å². The fraction of sp³-hybridized carbons (Fsp3) is 0.837. The Kier molecular flexibility index (Phi) is 43.5. The number of esters is 2. The van der Waals surface area contributed by atoms with E-state index < -0.39 is 32.5 Å². The second-order valence-electron chi connectivity index (χ2n) is 16.4. The van der Waals surface area contributed by atoms with Crippen LogP contribution in [0, 0.1) is 0 Å². The summed E-state index contributed by atoms with van der Waals surface area (Å²) in [5.41, 5.74) is 0. The highest BCUT2D eigenvalue weighted by atomic mass is 31.2. The zero-order valence-electron chi connectivity index (χ0n) is 37.7. The lowest BCUT2D eigenvalue weighted by molar-refractivity contribution is -0.161. The first-order valence-electron chi connectivity index (χ1n) is 24.3. The van der Waals surface area contributed by atoms with E-state index in [2.05, 4.69) is 48.8 Å². The van der Waals surface area contributed by atoms with Gasteiger partial charge in [0.15, 0.2) is 6.10 Å². The van der Waals surface area contributed by atoms with Crippen molar-refractivity contribution in [1.82, 2.24) is 0 Å². The van der Waals surface area contributed by atoms with Crippen LogP contribution in [0.2, 0.25) is 0 Å². The first-order valence-corrected chi connectivity index (χ1v) is 25.8. The summed E-state index contributed by atoms with van der Waals surface area (Å²) < 4.78 is 26.4. The van der Waals surface area contributed by atoms with Crippen molar-refractivity contribution in [2.45, 2.75) is 251 Å². The van der Waals surface area contributed by atoms with Crippen molar-refractivity contribution in [3.05, 3.63) is 36.5 Å². The van der Waals surface area contributed by atoms with E-state index >= 15 is 0 Å². The lowest BCUT2D eigenvalue weighted by atomic mass is 10.0. The van der Waals surface area contributed by atoms with E-state index in [1.54, 1.807) is 0 Å². The van der Waals surface area contributed by atoms with E-state index in [1.807, 2.05) is 6.08 Å². The molecule has 0 aliphatic carbocycles. The summed E-state index contributed by atoms with van der Waals surface area (Å²) in [6, 6.07) is 0. The van der Waals surface area contributed by atoms with Crippen LogP contribution < -0.4 is 0 Å². The fourth-order valence-electron chi connectivity index (χ4n) is 7.04. The van der Waals surface area contributed by atoms with Crippen molar-refractivity contribution in [2.75, 3.05) is 13.2 Å². The summed E-state index contributed by atoms with van der Waals surface area (Å²) in [5.74, 6) is -0.935. The average molecular weight is 839 g/mol. The number of phosphoric ester groups is 1. The predicted molar refractivity (Wildman–Crippen MR) is 244 cm³/mol. The molecule has 58 heavy (non-hydrogen) atoms. The van der Waals surface area contributed by atoms with Crippen LogP contribution >= 0.6 is 7.82 Å². The number of carbonyl (C=O) groups is 2. The van der Waals surface area contributed by atoms with Gasteiger partial charge in [0.1, 0.15) is 6.61 Å². The predicted octanol–water partition coefficient (Wildman–Crippen LogP) is 15.3. The van der Waals surface area contributed by atoms with Crippen molar-refractivity contribution in [2.24, 2.45) is 0 Å². The Morgan fingerprint density at radius 2 is 0.793 bits per heavy atom. The molecule has 0 aromatic rings. The van der Waals surface area contributed by atoms with E-state index in [9.17, 15) is 14.2 Å². The lowest BCUT2D eigenvalue weighted by Gasteiger charge is -2.18. The smallest absolute Gasteiger partial charge is 0.462 e. The Balaban J connectivity index is 3.85. The number of carbonyl (C=O) groups excluding carboxylic acids is 2. The molecule has 8 nitrogen and oxygen atoms in total. The molecule has 0 aromatic heterocycles. The van der Waals surface area contributed by atoms with Crippen LogP contribution in [0.5, 0.6) is 0 Å². The third kappa shape index (κ3) is 47.0. The lowest BCUT2D eigenvalue weighted by Crippen LogP contribution is -2.29. The van der Waals surface area contributed by atoms with Gasteiger partial charge >= 0.3 is 19.8 Å². The van der Waals surface area contributed by atoms with Crippen LogP contribution in [0.25, 0.3) is 0 Å². The van der Waals surface area contributed by atoms with Crippen LogP contribution in [0.15, 0.2) is 36.5 Å². The molecule has 0 rings (SSSR count). The summed E-state index contributed by atoms with van der Waals surface area (Å²) in [6.07, 6.45) is 54.6. The van der Waals surface area contributed by atoms with E-state index in [-0.39, 0.29) is 19.4 Å². The van der Waals surface area contributed by atoms with Gasteiger partial charge in [-0.05, 0) is 44.9 Å². The maximum Gasteiger partial charge on any atom is 0.469 e. The van der Waals surface area contributed by atoms with E-state index in [1.165, 1.54) is 167 Å². The van der Waals surface area contributed by atoms with Gasteiger partial charge in [0, 0.05) is 12.8 Å². The summed E-state index contributed by atoms with van der Waals surface area (Å²) in [6.45, 7) is 3.67. The van der Waals surface area contributed by atoms with Gasteiger partial charge < -0.3 is 19.3 Å². The average Bonchev–Trinajstić information content (AvgIpc) is 3.20. The van der Waals surface area contributed by atoms with Crippen molar-refractivity contribution in [3.63, 3.8) is 0 Å².